The summed E-state index contributed by atoms with van der Waals surface area (Å²) in [6.07, 6.45) is -6.95. The Morgan fingerprint density at radius 2 is 1.55 bits per heavy atom. The maximum absolute atomic E-state index is 10.3. The van der Waals surface area contributed by atoms with E-state index >= 15 is 0 Å². The van der Waals surface area contributed by atoms with Gasteiger partial charge < -0.3 is 40.2 Å². The number of esters is 1. The van der Waals surface area contributed by atoms with Crippen molar-refractivity contribution in [2.75, 3.05) is 6.61 Å². The molecule has 0 amide bonds. The molecule has 0 saturated carbocycles. The summed E-state index contributed by atoms with van der Waals surface area (Å²) in [7, 11) is 0. The van der Waals surface area contributed by atoms with E-state index in [1.807, 2.05) is 0 Å². The van der Waals surface area contributed by atoms with Crippen LogP contribution in [-0.2, 0) is 14.3 Å². The number of aldehydes is 1. The second-order valence-electron chi connectivity index (χ2n) is 4.47. The fourth-order valence-corrected chi connectivity index (χ4v) is 0.811. The Kier molecular flexibility index (Phi) is 10.3. The average Bonchev–Trinajstić information content (AvgIpc) is 2.30. The first-order valence-corrected chi connectivity index (χ1v) is 5.65. The number of carbonyl (C=O) groups excluding carboxylic acids is 2. The molecule has 4 unspecified atom stereocenters. The zero-order valence-electron chi connectivity index (χ0n) is 11.5. The number of aliphatic hydroxyl groups is 6. The van der Waals surface area contributed by atoms with E-state index in [1.54, 1.807) is 0 Å². The topological polar surface area (TPSA) is 165 Å². The van der Waals surface area contributed by atoms with Gasteiger partial charge in [0, 0.05) is 6.92 Å². The van der Waals surface area contributed by atoms with E-state index in [0.717, 1.165) is 6.92 Å². The lowest BCUT2D eigenvalue weighted by atomic mass is 10.0. The van der Waals surface area contributed by atoms with Gasteiger partial charge in [0.2, 0.25) is 0 Å². The summed E-state index contributed by atoms with van der Waals surface area (Å²) in [5.74, 6) is -2.16. The lowest BCUT2D eigenvalue weighted by molar-refractivity contribution is -0.154. The molecule has 120 valence electrons. The van der Waals surface area contributed by atoms with Gasteiger partial charge in [0.1, 0.15) is 31.0 Å². The molecule has 0 aliphatic heterocycles. The Morgan fingerprint density at radius 3 is 1.85 bits per heavy atom. The van der Waals surface area contributed by atoms with Crippen LogP contribution in [0.5, 0.6) is 0 Å². The Labute approximate surface area is 116 Å². The van der Waals surface area contributed by atoms with E-state index in [2.05, 4.69) is 4.74 Å². The van der Waals surface area contributed by atoms with Crippen LogP contribution < -0.4 is 0 Å². The Hall–Kier alpha value is -1.10. The van der Waals surface area contributed by atoms with Crippen molar-refractivity contribution in [2.45, 2.75) is 51.0 Å². The monoisotopic (exact) mass is 298 g/mol. The molecule has 0 bridgehead atoms. The van der Waals surface area contributed by atoms with Gasteiger partial charge in [-0.2, -0.15) is 0 Å². The summed E-state index contributed by atoms with van der Waals surface area (Å²) in [5, 5.41) is 52.4. The minimum atomic E-state index is -1.83. The van der Waals surface area contributed by atoms with Crippen molar-refractivity contribution in [3.05, 3.63) is 0 Å². The molecule has 0 fully saturated rings. The molecular formula is C11H22O9. The smallest absolute Gasteiger partial charge is 0.302 e. The van der Waals surface area contributed by atoms with Gasteiger partial charge in [0.05, 0.1) is 0 Å². The van der Waals surface area contributed by atoms with Gasteiger partial charge in [-0.15, -0.1) is 0 Å². The van der Waals surface area contributed by atoms with Crippen LogP contribution in [0.2, 0.25) is 0 Å². The van der Waals surface area contributed by atoms with Gasteiger partial charge in [0.25, 0.3) is 0 Å². The van der Waals surface area contributed by atoms with Crippen molar-refractivity contribution in [3.63, 3.8) is 0 Å². The quantitative estimate of drug-likeness (QED) is 0.169. The highest BCUT2D eigenvalue weighted by molar-refractivity contribution is 5.65. The summed E-state index contributed by atoms with van der Waals surface area (Å²) in [5.41, 5.74) is 0. The first-order chi connectivity index (χ1) is 8.90. The third-order valence-corrected chi connectivity index (χ3v) is 1.69. The predicted octanol–water partition coefficient (Wildman–Crippen LogP) is -3.10. The fraction of sp³-hybridized carbons (Fsp3) is 0.818. The van der Waals surface area contributed by atoms with Crippen LogP contribution in [0.4, 0.5) is 0 Å². The van der Waals surface area contributed by atoms with Crippen molar-refractivity contribution < 1.29 is 45.0 Å². The largest absolute Gasteiger partial charge is 0.463 e. The number of ether oxygens (including phenoxy) is 1. The second kappa shape index (κ2) is 9.75. The lowest BCUT2D eigenvalue weighted by Gasteiger charge is -2.23. The fourth-order valence-electron chi connectivity index (χ4n) is 0.811. The summed E-state index contributed by atoms with van der Waals surface area (Å²) in [6, 6.07) is 0. The molecule has 9 heteroatoms. The molecule has 20 heavy (non-hydrogen) atoms. The first kappa shape index (κ1) is 21.2. The van der Waals surface area contributed by atoms with Crippen LogP contribution in [0.15, 0.2) is 0 Å². The highest BCUT2D eigenvalue weighted by atomic mass is 16.5. The summed E-state index contributed by atoms with van der Waals surface area (Å²) >= 11 is 0. The van der Waals surface area contributed by atoms with Crippen molar-refractivity contribution in [2.24, 2.45) is 0 Å². The number of hydrogen-bond donors (Lipinski definition) is 6. The molecule has 0 aliphatic rings. The maximum Gasteiger partial charge on any atom is 0.302 e. The van der Waals surface area contributed by atoms with E-state index in [0.29, 0.717) is 0 Å². The molecule has 0 aliphatic carbocycles. The van der Waals surface area contributed by atoms with Crippen LogP contribution >= 0.6 is 0 Å². The molecule has 6 N–H and O–H groups in total. The van der Waals surface area contributed by atoms with Gasteiger partial charge in [0.15, 0.2) is 12.1 Å². The minimum Gasteiger partial charge on any atom is -0.463 e. The van der Waals surface area contributed by atoms with Gasteiger partial charge in [-0.25, -0.2) is 0 Å². The van der Waals surface area contributed by atoms with E-state index in [4.69, 9.17) is 25.5 Å². The molecule has 0 spiro atoms. The normalized spacial score (nSPS) is 17.1. The second-order valence-corrected chi connectivity index (χ2v) is 4.47. The summed E-state index contributed by atoms with van der Waals surface area (Å²) in [4.78, 5) is 20.4. The molecule has 0 aromatic heterocycles. The molecule has 0 aromatic rings. The number of carbonyl (C=O) groups is 2. The third-order valence-electron chi connectivity index (χ3n) is 1.69. The SMILES string of the molecule is CC(=O)OCC(O)C(O)C(O)C(O)C=O.CC(C)(O)O. The zero-order valence-corrected chi connectivity index (χ0v) is 11.5. The van der Waals surface area contributed by atoms with E-state index in [-0.39, 0.29) is 6.29 Å². The molecule has 0 heterocycles. The minimum absolute atomic E-state index is 0.0203. The zero-order chi connectivity index (χ0) is 16.5. The van der Waals surface area contributed by atoms with Crippen molar-refractivity contribution in [1.82, 2.24) is 0 Å². The van der Waals surface area contributed by atoms with Crippen LogP contribution in [0.3, 0.4) is 0 Å². The first-order valence-electron chi connectivity index (χ1n) is 5.65. The Morgan fingerprint density at radius 1 is 1.15 bits per heavy atom. The van der Waals surface area contributed by atoms with Crippen LogP contribution in [-0.4, -0.2) is 79.7 Å². The molecule has 4 atom stereocenters. The van der Waals surface area contributed by atoms with Gasteiger partial charge in [-0.05, 0) is 13.8 Å². The number of rotatable bonds is 6. The average molecular weight is 298 g/mol. The van der Waals surface area contributed by atoms with E-state index < -0.39 is 42.8 Å². The van der Waals surface area contributed by atoms with Crippen molar-refractivity contribution in [3.8, 4) is 0 Å². The molecule has 9 nitrogen and oxygen atoms in total. The summed E-state index contributed by atoms with van der Waals surface area (Å²) in [6.45, 7) is 3.18. The number of aliphatic hydroxyl groups excluding tert-OH is 4. The van der Waals surface area contributed by atoms with Gasteiger partial charge in [-0.1, -0.05) is 0 Å². The number of hydrogen-bond acceptors (Lipinski definition) is 9. The molecule has 0 saturated heterocycles. The molecular weight excluding hydrogens is 276 g/mol. The highest BCUT2D eigenvalue weighted by Gasteiger charge is 2.30. The predicted molar refractivity (Wildman–Crippen MR) is 65.2 cm³/mol. The maximum atomic E-state index is 10.3. The van der Waals surface area contributed by atoms with Crippen molar-refractivity contribution in [1.29, 1.82) is 0 Å². The summed E-state index contributed by atoms with van der Waals surface area (Å²) < 4.78 is 4.36. The molecule has 0 rings (SSSR count). The molecule has 0 aromatic carbocycles. The Bertz CT molecular complexity index is 280. The van der Waals surface area contributed by atoms with Crippen LogP contribution in [0, 0.1) is 0 Å². The standard InChI is InChI=1S/C8H14O7.C3H8O2/c1-4(10)15-3-6(12)8(14)7(13)5(11)2-9;1-3(2,4)5/h2,5-8,11-14H,3H2,1H3;4-5H,1-2H3. The molecule has 0 radical (unpaired) electrons. The van der Waals surface area contributed by atoms with Crippen molar-refractivity contribution >= 4 is 12.3 Å². The van der Waals surface area contributed by atoms with E-state index in [1.165, 1.54) is 13.8 Å². The lowest BCUT2D eigenvalue weighted by Crippen LogP contribution is -2.46. The Balaban J connectivity index is 0. The van der Waals surface area contributed by atoms with E-state index in [9.17, 15) is 14.7 Å². The van der Waals surface area contributed by atoms with Gasteiger partial charge >= 0.3 is 5.97 Å². The van der Waals surface area contributed by atoms with Crippen LogP contribution in [0.1, 0.15) is 20.8 Å². The third kappa shape index (κ3) is 13.3. The van der Waals surface area contributed by atoms with Gasteiger partial charge in [-0.3, -0.25) is 4.79 Å². The van der Waals surface area contributed by atoms with Crippen LogP contribution in [0.25, 0.3) is 0 Å². The highest BCUT2D eigenvalue weighted by Crippen LogP contribution is 2.04.